The quantitative estimate of drug-likeness (QED) is 0.636. The van der Waals surface area contributed by atoms with Gasteiger partial charge in [-0.1, -0.05) is 18.2 Å². The number of nitrogens with one attached hydrogen (secondary N) is 2. The number of anilines is 1. The lowest BCUT2D eigenvalue weighted by molar-refractivity contribution is 0.102. The van der Waals surface area contributed by atoms with Gasteiger partial charge in [0.15, 0.2) is 0 Å². The first-order valence-corrected chi connectivity index (χ1v) is 11.0. The molecule has 4 rings (SSSR count). The van der Waals surface area contributed by atoms with E-state index in [1.165, 1.54) is 12.1 Å². The summed E-state index contributed by atoms with van der Waals surface area (Å²) < 4.78 is 29.4. The molecule has 0 aliphatic carbocycles. The van der Waals surface area contributed by atoms with Crippen LogP contribution in [0.25, 0.3) is 0 Å². The van der Waals surface area contributed by atoms with Crippen LogP contribution in [0.1, 0.15) is 28.8 Å². The first kappa shape index (κ1) is 19.8. The van der Waals surface area contributed by atoms with Gasteiger partial charge in [0.05, 0.1) is 11.4 Å². The summed E-state index contributed by atoms with van der Waals surface area (Å²) in [5, 5.41) is 6.91. The first-order chi connectivity index (χ1) is 14.5. The van der Waals surface area contributed by atoms with Gasteiger partial charge in [-0.25, -0.2) is 8.42 Å². The van der Waals surface area contributed by atoms with Gasteiger partial charge in [-0.2, -0.15) is 5.10 Å². The van der Waals surface area contributed by atoms with Crippen molar-refractivity contribution in [1.82, 2.24) is 14.5 Å². The number of benzene rings is 2. The van der Waals surface area contributed by atoms with Gasteiger partial charge in [0.2, 0.25) is 0 Å². The van der Waals surface area contributed by atoms with E-state index in [0.29, 0.717) is 36.6 Å². The standard InChI is InChI=1S/C21H21N5O3S/c27-21(17-9-7-16(8-10-17)15-26-13-3-12-23-26)24-18-4-1-5-19(14-18)30(28,29)25-20-6-2-11-22-20/h1,3-5,7-10,12-14H,2,6,11,15H2,(H,22,25)(H,24,27). The number of aromatic nitrogens is 2. The molecule has 1 aromatic heterocycles. The van der Waals surface area contributed by atoms with Crippen LogP contribution in [-0.4, -0.2) is 36.5 Å². The summed E-state index contributed by atoms with van der Waals surface area (Å²) in [6, 6.07) is 15.2. The van der Waals surface area contributed by atoms with Crippen LogP contribution in [0.3, 0.4) is 0 Å². The van der Waals surface area contributed by atoms with Gasteiger partial charge in [-0.05, 0) is 48.4 Å². The van der Waals surface area contributed by atoms with E-state index < -0.39 is 10.0 Å². The molecule has 0 spiro atoms. The number of rotatable bonds is 6. The fourth-order valence-electron chi connectivity index (χ4n) is 3.12. The van der Waals surface area contributed by atoms with Crippen molar-refractivity contribution in [2.75, 3.05) is 11.9 Å². The van der Waals surface area contributed by atoms with Crippen LogP contribution in [0.15, 0.2) is 76.9 Å². The minimum Gasteiger partial charge on any atom is -0.322 e. The average Bonchev–Trinajstić information content (AvgIpc) is 3.43. The lowest BCUT2D eigenvalue weighted by Crippen LogP contribution is -2.29. The first-order valence-electron chi connectivity index (χ1n) is 9.53. The molecule has 1 aliphatic rings. The topological polar surface area (TPSA) is 105 Å². The van der Waals surface area contributed by atoms with Crippen LogP contribution in [-0.2, 0) is 16.6 Å². The molecule has 2 N–H and O–H groups in total. The van der Waals surface area contributed by atoms with Crippen molar-refractivity contribution in [3.05, 3.63) is 78.1 Å². The lowest BCUT2D eigenvalue weighted by atomic mass is 10.1. The van der Waals surface area contributed by atoms with Crippen molar-refractivity contribution in [1.29, 1.82) is 0 Å². The van der Waals surface area contributed by atoms with E-state index in [2.05, 4.69) is 20.1 Å². The van der Waals surface area contributed by atoms with Crippen LogP contribution in [0.5, 0.6) is 0 Å². The number of carbonyl (C=O) groups is 1. The summed E-state index contributed by atoms with van der Waals surface area (Å²) in [6.45, 7) is 1.25. The molecule has 8 nitrogen and oxygen atoms in total. The van der Waals surface area contributed by atoms with Crippen molar-refractivity contribution in [3.63, 3.8) is 0 Å². The molecule has 1 amide bonds. The number of hydrogen-bond donors (Lipinski definition) is 2. The average molecular weight is 423 g/mol. The smallest absolute Gasteiger partial charge is 0.262 e. The zero-order valence-electron chi connectivity index (χ0n) is 16.2. The number of amides is 1. The van der Waals surface area contributed by atoms with E-state index in [4.69, 9.17) is 0 Å². The second-order valence-electron chi connectivity index (χ2n) is 6.92. The summed E-state index contributed by atoms with van der Waals surface area (Å²) in [4.78, 5) is 16.8. The van der Waals surface area contributed by atoms with Crippen molar-refractivity contribution in [2.24, 2.45) is 4.99 Å². The van der Waals surface area contributed by atoms with Gasteiger partial charge in [-0.3, -0.25) is 19.2 Å². The van der Waals surface area contributed by atoms with E-state index in [1.54, 1.807) is 35.1 Å². The van der Waals surface area contributed by atoms with Gasteiger partial charge in [-0.15, -0.1) is 0 Å². The Morgan fingerprint density at radius 1 is 1.10 bits per heavy atom. The van der Waals surface area contributed by atoms with E-state index in [-0.39, 0.29) is 10.8 Å². The predicted molar refractivity (Wildman–Crippen MR) is 114 cm³/mol. The van der Waals surface area contributed by atoms with Gasteiger partial charge in [0.1, 0.15) is 5.84 Å². The molecule has 30 heavy (non-hydrogen) atoms. The van der Waals surface area contributed by atoms with E-state index in [1.807, 2.05) is 24.4 Å². The molecule has 1 aliphatic heterocycles. The zero-order chi connectivity index (χ0) is 21.0. The Bertz CT molecular complexity index is 1170. The Morgan fingerprint density at radius 2 is 1.93 bits per heavy atom. The highest BCUT2D eigenvalue weighted by atomic mass is 32.2. The van der Waals surface area contributed by atoms with Crippen LogP contribution in [0, 0.1) is 0 Å². The van der Waals surface area contributed by atoms with Crippen LogP contribution >= 0.6 is 0 Å². The van der Waals surface area contributed by atoms with Crippen LogP contribution in [0.4, 0.5) is 5.69 Å². The van der Waals surface area contributed by atoms with Gasteiger partial charge < -0.3 is 5.32 Å². The monoisotopic (exact) mass is 423 g/mol. The number of nitrogens with zero attached hydrogens (tertiary/aromatic N) is 3. The Hall–Kier alpha value is -3.46. The lowest BCUT2D eigenvalue weighted by Gasteiger charge is -2.10. The number of sulfonamides is 1. The molecule has 9 heteroatoms. The third-order valence-electron chi connectivity index (χ3n) is 4.65. The largest absolute Gasteiger partial charge is 0.322 e. The second-order valence-corrected chi connectivity index (χ2v) is 8.60. The highest BCUT2D eigenvalue weighted by Crippen LogP contribution is 2.17. The minimum atomic E-state index is -3.74. The normalized spacial score (nSPS) is 13.7. The Labute approximate surface area is 174 Å². The molecule has 0 radical (unpaired) electrons. The van der Waals surface area contributed by atoms with Crippen molar-refractivity contribution >= 4 is 27.5 Å². The molecular weight excluding hydrogens is 402 g/mol. The minimum absolute atomic E-state index is 0.0736. The number of aliphatic imine (C=N–C) groups is 1. The van der Waals surface area contributed by atoms with Crippen molar-refractivity contribution in [2.45, 2.75) is 24.3 Å². The van der Waals surface area contributed by atoms with E-state index in [0.717, 1.165) is 12.0 Å². The fourth-order valence-corrected chi connectivity index (χ4v) is 4.26. The van der Waals surface area contributed by atoms with Gasteiger partial charge in [0, 0.05) is 36.6 Å². The zero-order valence-corrected chi connectivity index (χ0v) is 17.0. The van der Waals surface area contributed by atoms with Crippen LogP contribution in [0.2, 0.25) is 0 Å². The molecule has 2 aromatic carbocycles. The summed E-state index contributed by atoms with van der Waals surface area (Å²) >= 11 is 0. The SMILES string of the molecule is O=C(Nc1cccc(S(=O)(=O)NC2=NCCC2)c1)c1ccc(Cn2cccn2)cc1. The van der Waals surface area contributed by atoms with E-state index >= 15 is 0 Å². The summed E-state index contributed by atoms with van der Waals surface area (Å²) in [5.74, 6) is 0.156. The molecule has 0 bridgehead atoms. The van der Waals surface area contributed by atoms with Crippen LogP contribution < -0.4 is 10.0 Å². The second kappa shape index (κ2) is 8.50. The number of amidine groups is 1. The van der Waals surface area contributed by atoms with Crippen molar-refractivity contribution in [3.8, 4) is 0 Å². The summed E-state index contributed by atoms with van der Waals surface area (Å²) in [6.07, 6.45) is 5.05. The fraction of sp³-hybridized carbons (Fsp3) is 0.190. The Balaban J connectivity index is 1.43. The van der Waals surface area contributed by atoms with Gasteiger partial charge in [0.25, 0.3) is 15.9 Å². The third kappa shape index (κ3) is 4.74. The third-order valence-corrected chi connectivity index (χ3v) is 6.03. The Morgan fingerprint density at radius 3 is 2.63 bits per heavy atom. The van der Waals surface area contributed by atoms with Gasteiger partial charge >= 0.3 is 0 Å². The molecule has 0 saturated carbocycles. The highest BCUT2D eigenvalue weighted by Gasteiger charge is 2.19. The molecule has 0 saturated heterocycles. The molecule has 0 atom stereocenters. The predicted octanol–water partition coefficient (Wildman–Crippen LogP) is 2.65. The number of carbonyl (C=O) groups excluding carboxylic acids is 1. The molecule has 0 unspecified atom stereocenters. The molecule has 2 heterocycles. The highest BCUT2D eigenvalue weighted by molar-refractivity contribution is 7.90. The maximum Gasteiger partial charge on any atom is 0.262 e. The van der Waals surface area contributed by atoms with Crippen molar-refractivity contribution < 1.29 is 13.2 Å². The maximum absolute atomic E-state index is 12.6. The maximum atomic E-state index is 12.6. The summed E-state index contributed by atoms with van der Waals surface area (Å²) in [7, 11) is -3.74. The van der Waals surface area contributed by atoms with E-state index in [9.17, 15) is 13.2 Å². The number of hydrogen-bond acceptors (Lipinski definition) is 5. The summed E-state index contributed by atoms with van der Waals surface area (Å²) in [5.41, 5.74) is 1.90. The molecule has 154 valence electrons. The molecule has 3 aromatic rings. The molecular formula is C21H21N5O3S. The molecule has 0 fully saturated rings. The Kier molecular flexibility index (Phi) is 5.62.